The number of hydrogen-bond acceptors (Lipinski definition) is 5. The van der Waals surface area contributed by atoms with Gasteiger partial charge in [0.2, 0.25) is 0 Å². The second-order valence-electron chi connectivity index (χ2n) is 9.44. The molecule has 37 heavy (non-hydrogen) atoms. The lowest BCUT2D eigenvalue weighted by molar-refractivity contribution is -0.144. The summed E-state index contributed by atoms with van der Waals surface area (Å²) in [4.78, 5) is 35.2. The molecule has 196 valence electrons. The summed E-state index contributed by atoms with van der Waals surface area (Å²) in [6, 6.07) is 11.5. The molecular formula is C28H35N5O3S. The number of esters is 1. The minimum atomic E-state index is -0.497. The minimum absolute atomic E-state index is 0.0924. The Morgan fingerprint density at radius 2 is 1.97 bits per heavy atom. The van der Waals surface area contributed by atoms with Crippen LogP contribution < -0.4 is 10.6 Å². The molecule has 3 N–H and O–H groups in total. The summed E-state index contributed by atoms with van der Waals surface area (Å²) in [5.41, 5.74) is 4.67. The van der Waals surface area contributed by atoms with Crippen molar-refractivity contribution in [3.05, 3.63) is 65.1 Å². The van der Waals surface area contributed by atoms with Crippen LogP contribution in [0.5, 0.6) is 0 Å². The van der Waals surface area contributed by atoms with Crippen molar-refractivity contribution in [3.8, 4) is 0 Å². The normalized spacial score (nSPS) is 14.8. The Morgan fingerprint density at radius 1 is 1.22 bits per heavy atom. The van der Waals surface area contributed by atoms with Crippen molar-refractivity contribution in [2.75, 3.05) is 26.2 Å². The van der Waals surface area contributed by atoms with Crippen LogP contribution in [0.15, 0.2) is 42.6 Å². The van der Waals surface area contributed by atoms with E-state index in [0.717, 1.165) is 49.3 Å². The van der Waals surface area contributed by atoms with E-state index < -0.39 is 6.04 Å². The molecule has 4 rings (SSSR count). The van der Waals surface area contributed by atoms with E-state index in [4.69, 9.17) is 21.9 Å². The first-order valence-electron chi connectivity index (χ1n) is 12.9. The molecule has 1 fully saturated rings. The maximum absolute atomic E-state index is 13.2. The number of likely N-dealkylation sites (tertiary alicyclic amines) is 1. The van der Waals surface area contributed by atoms with Crippen LogP contribution in [0.4, 0.5) is 0 Å². The van der Waals surface area contributed by atoms with Crippen molar-refractivity contribution < 1.29 is 14.3 Å². The molecule has 1 saturated heterocycles. The van der Waals surface area contributed by atoms with Crippen molar-refractivity contribution in [1.82, 2.24) is 25.5 Å². The number of benzene rings is 1. The summed E-state index contributed by atoms with van der Waals surface area (Å²) in [6.07, 6.45) is 4.40. The molecule has 9 heteroatoms. The Bertz CT molecular complexity index is 1270. The van der Waals surface area contributed by atoms with Gasteiger partial charge in [-0.2, -0.15) is 0 Å². The van der Waals surface area contributed by atoms with Crippen LogP contribution in [0, 0.1) is 6.92 Å². The van der Waals surface area contributed by atoms with Crippen LogP contribution in [0.1, 0.15) is 59.9 Å². The zero-order chi connectivity index (χ0) is 26.4. The molecule has 1 aliphatic rings. The lowest BCUT2D eigenvalue weighted by Crippen LogP contribution is -2.49. The van der Waals surface area contributed by atoms with Gasteiger partial charge in [0.25, 0.3) is 5.91 Å². The number of rotatable bonds is 8. The number of carbonyl (C=O) groups excluding carboxylic acids is 2. The molecule has 0 saturated carbocycles. The van der Waals surface area contributed by atoms with Crippen LogP contribution in [0.3, 0.4) is 0 Å². The molecule has 1 aromatic carbocycles. The summed E-state index contributed by atoms with van der Waals surface area (Å²) in [7, 11) is 0. The van der Waals surface area contributed by atoms with E-state index in [-0.39, 0.29) is 17.8 Å². The summed E-state index contributed by atoms with van der Waals surface area (Å²) in [5.74, 6) is -0.245. The first kappa shape index (κ1) is 26.6. The van der Waals surface area contributed by atoms with Gasteiger partial charge in [-0.15, -0.1) is 0 Å². The molecule has 0 radical (unpaired) electrons. The first-order valence-corrected chi connectivity index (χ1v) is 13.3. The topological polar surface area (TPSA) is 99.3 Å². The van der Waals surface area contributed by atoms with Crippen LogP contribution in [0.25, 0.3) is 10.9 Å². The number of aryl methyl sites for hydroxylation is 1. The highest BCUT2D eigenvalue weighted by Crippen LogP contribution is 2.29. The van der Waals surface area contributed by atoms with Gasteiger partial charge in [-0.1, -0.05) is 18.2 Å². The van der Waals surface area contributed by atoms with Gasteiger partial charge in [-0.25, -0.2) is 4.79 Å². The second kappa shape index (κ2) is 12.2. The quantitative estimate of drug-likeness (QED) is 0.306. The maximum Gasteiger partial charge on any atom is 0.328 e. The molecule has 0 aliphatic carbocycles. The van der Waals surface area contributed by atoms with E-state index in [0.29, 0.717) is 23.8 Å². The molecule has 3 heterocycles. The van der Waals surface area contributed by atoms with E-state index in [2.05, 4.69) is 32.7 Å². The molecule has 3 aromatic rings. The maximum atomic E-state index is 13.2. The average molecular weight is 522 g/mol. The van der Waals surface area contributed by atoms with Gasteiger partial charge in [-0.05, 0) is 76.0 Å². The van der Waals surface area contributed by atoms with Crippen LogP contribution in [-0.2, 0) is 16.0 Å². The number of piperidine rings is 1. The van der Waals surface area contributed by atoms with Crippen molar-refractivity contribution in [2.45, 2.75) is 52.0 Å². The van der Waals surface area contributed by atoms with Gasteiger partial charge < -0.3 is 25.3 Å². The van der Waals surface area contributed by atoms with Gasteiger partial charge in [0.1, 0.15) is 6.04 Å². The number of thiocarbonyl (C=S) groups is 1. The lowest BCUT2D eigenvalue weighted by Gasteiger charge is -2.34. The SMILES string of the molecule is CCOC(=O)C(C)NC(=S)N1CCC(c2nc(C)ccc2C(=O)NCCc2c[nH]c3ccccc23)CC1. The zero-order valence-electron chi connectivity index (χ0n) is 21.7. The Kier molecular flexibility index (Phi) is 8.76. The van der Waals surface area contributed by atoms with Crippen molar-refractivity contribution in [2.24, 2.45) is 0 Å². The lowest BCUT2D eigenvalue weighted by atomic mass is 9.90. The van der Waals surface area contributed by atoms with Crippen LogP contribution >= 0.6 is 12.2 Å². The molecular weight excluding hydrogens is 486 g/mol. The predicted octanol–water partition coefficient (Wildman–Crippen LogP) is 3.85. The smallest absolute Gasteiger partial charge is 0.328 e. The van der Waals surface area contributed by atoms with Gasteiger partial charge >= 0.3 is 5.97 Å². The highest BCUT2D eigenvalue weighted by atomic mass is 32.1. The second-order valence-corrected chi connectivity index (χ2v) is 9.82. The number of hydrogen-bond donors (Lipinski definition) is 3. The molecule has 0 spiro atoms. The van der Waals surface area contributed by atoms with Crippen LogP contribution in [0.2, 0.25) is 0 Å². The van der Waals surface area contributed by atoms with Crippen molar-refractivity contribution in [3.63, 3.8) is 0 Å². The van der Waals surface area contributed by atoms with E-state index in [1.165, 1.54) is 10.9 Å². The highest BCUT2D eigenvalue weighted by molar-refractivity contribution is 7.80. The number of para-hydroxylation sites is 1. The van der Waals surface area contributed by atoms with E-state index >= 15 is 0 Å². The third kappa shape index (κ3) is 6.46. The highest BCUT2D eigenvalue weighted by Gasteiger charge is 2.28. The third-order valence-corrected chi connectivity index (χ3v) is 7.19. The summed E-state index contributed by atoms with van der Waals surface area (Å²) in [6.45, 7) is 7.82. The number of carbonyl (C=O) groups is 2. The molecule has 8 nitrogen and oxygen atoms in total. The van der Waals surface area contributed by atoms with Gasteiger partial charge in [-0.3, -0.25) is 9.78 Å². The van der Waals surface area contributed by atoms with Crippen molar-refractivity contribution >= 4 is 40.1 Å². The molecule has 1 unspecified atom stereocenters. The molecule has 1 amide bonds. The largest absolute Gasteiger partial charge is 0.464 e. The fraction of sp³-hybridized carbons (Fsp3) is 0.429. The standard InChI is InChI=1S/C28H35N5O3S/c1-4-36-27(35)19(3)32-28(37)33-15-12-20(13-16-33)25-23(10-9-18(2)31-25)26(34)29-14-11-21-17-30-24-8-6-5-7-22(21)24/h5-10,17,19-20,30H,4,11-16H2,1-3H3,(H,29,34)(H,32,37). The predicted molar refractivity (Wildman–Crippen MR) is 149 cm³/mol. The van der Waals surface area contributed by atoms with Gasteiger partial charge in [0.15, 0.2) is 5.11 Å². The van der Waals surface area contributed by atoms with E-state index in [1.54, 1.807) is 13.8 Å². The molecule has 2 aromatic heterocycles. The third-order valence-electron chi connectivity index (χ3n) is 6.81. The first-order chi connectivity index (χ1) is 17.9. The Labute approximate surface area is 223 Å². The number of H-pyrrole nitrogens is 1. The number of aromatic nitrogens is 2. The molecule has 0 bridgehead atoms. The summed E-state index contributed by atoms with van der Waals surface area (Å²) < 4.78 is 5.05. The van der Waals surface area contributed by atoms with Crippen LogP contribution in [-0.4, -0.2) is 64.1 Å². The fourth-order valence-electron chi connectivity index (χ4n) is 4.78. The van der Waals surface area contributed by atoms with Gasteiger partial charge in [0.05, 0.1) is 17.9 Å². The number of ether oxygens (including phenoxy) is 1. The van der Waals surface area contributed by atoms with E-state index in [1.807, 2.05) is 37.4 Å². The van der Waals surface area contributed by atoms with Gasteiger partial charge in [0, 0.05) is 48.3 Å². The number of fused-ring (bicyclic) bond motifs is 1. The number of nitrogens with zero attached hydrogens (tertiary/aromatic N) is 2. The summed E-state index contributed by atoms with van der Waals surface area (Å²) in [5, 5.41) is 7.90. The number of nitrogens with one attached hydrogen (secondary N) is 3. The summed E-state index contributed by atoms with van der Waals surface area (Å²) >= 11 is 5.53. The number of amides is 1. The molecule has 1 aliphatic heterocycles. The Hall–Kier alpha value is -3.46. The average Bonchev–Trinajstić information content (AvgIpc) is 3.31. The monoisotopic (exact) mass is 521 g/mol. The fourth-order valence-corrected chi connectivity index (χ4v) is 5.14. The Morgan fingerprint density at radius 3 is 2.73 bits per heavy atom. The number of pyridine rings is 1. The Balaban J connectivity index is 1.35. The van der Waals surface area contributed by atoms with E-state index in [9.17, 15) is 9.59 Å². The van der Waals surface area contributed by atoms with Crippen molar-refractivity contribution in [1.29, 1.82) is 0 Å². The zero-order valence-corrected chi connectivity index (χ0v) is 22.5. The number of aromatic amines is 1. The minimum Gasteiger partial charge on any atom is -0.464 e. The molecule has 1 atom stereocenters.